The number of fused-ring (bicyclic) bond motifs is 12. The standard InChI is InChI=1S/C22H33O2S.C19H26NO2S.C19H27O2S.C19H27S3.C18H26NO2S2.C17H23O2S.6CH4/c1-21(2,3)15-7-9-17(10-8-15)25-18-11-12-19(25)14-16(13-18)24-20(23)22(4,5)6;1-13(21)20-12-17-10-9-16(11-18(20)22)23(17)15-7-5-14(6-8-15)19(2,3)4;2*1-18(2,3)14-4-6-15(7-5-14)22-16-8-9-17(22)13-19(12-16)20-10-11-21-19;1-18(2,3)13-5-7-15(8-6-13)22-16-9-10-17(22)12-14(11-16)19-23(4,20)21;1-17(2,3)12-4-6-13(7-5-12)20-14-8-9-15(20)11-19-16(18)10-14;;;;;;/h7-10,16,18-19H,11-14H2,1-6H3;5-8,16-17H,9-12H2,1-4H3;2*4-7,16-17H,8-13H2,1-3H3;5-8,16-17H,9-12H2,1-4H3;4-7,14-15H,8-11H2,1-3H3;6*1H4/q6*+1;;;;;;. The van der Waals surface area contributed by atoms with E-state index in [-0.39, 0.29) is 145 Å². The van der Waals surface area contributed by atoms with Crippen LogP contribution in [0.4, 0.5) is 0 Å². The molecule has 0 N–H and O–H groups in total. The number of hydrogen-bond donors (Lipinski definition) is 0. The van der Waals surface area contributed by atoms with E-state index in [4.69, 9.17) is 18.9 Å². The van der Waals surface area contributed by atoms with Crippen molar-refractivity contribution >= 4 is 128 Å². The zero-order chi connectivity index (χ0) is 97.1. The molecular weight excluding hydrogens is 1920 g/mol. The number of amides is 2. The first-order valence-electron chi connectivity index (χ1n) is 50.8. The Hall–Kier alpha value is -4.26. The maximum Gasteiger partial charge on any atom is 0.311 e. The van der Waals surface area contributed by atoms with Crippen LogP contribution in [0.25, 0.3) is 0 Å². The summed E-state index contributed by atoms with van der Waals surface area (Å²) in [5.41, 5.74) is 10.2. The predicted molar refractivity (Wildman–Crippen MR) is 619 cm³/mol. The lowest BCUT2D eigenvalue weighted by molar-refractivity contribution is -0.166. The average molecular weight is 2110 g/mol. The third-order valence-corrected chi connectivity index (χ3v) is 52.8. The molecule has 2 spiro atoms. The predicted octanol–water partition coefficient (Wildman–Crippen LogP) is 28.9. The lowest BCUT2D eigenvalue weighted by atomic mass is 9.87. The van der Waals surface area contributed by atoms with E-state index in [1.54, 1.807) is 9.79 Å². The highest BCUT2D eigenvalue weighted by atomic mass is 32.2. The van der Waals surface area contributed by atoms with Gasteiger partial charge in [-0.15, -0.1) is 23.5 Å². The van der Waals surface area contributed by atoms with Crippen molar-refractivity contribution in [2.45, 2.75) is 479 Å². The van der Waals surface area contributed by atoms with Crippen molar-refractivity contribution in [3.8, 4) is 0 Å². The number of imide groups is 1. The lowest BCUT2D eigenvalue weighted by Gasteiger charge is -2.35. The van der Waals surface area contributed by atoms with E-state index in [2.05, 4.69) is 298 Å². The molecule has 6 aromatic rings. The topological polar surface area (TPSA) is 155 Å². The summed E-state index contributed by atoms with van der Waals surface area (Å²) in [6.45, 7) is 50.8. The monoisotopic (exact) mass is 2100 g/mol. The van der Waals surface area contributed by atoms with Crippen molar-refractivity contribution in [1.29, 1.82) is 0 Å². The smallest absolute Gasteiger partial charge is 0.311 e. The van der Waals surface area contributed by atoms with Gasteiger partial charge in [0.1, 0.15) is 70.5 Å². The summed E-state index contributed by atoms with van der Waals surface area (Å²) in [6.07, 6.45) is 26.7. The van der Waals surface area contributed by atoms with Gasteiger partial charge in [0.05, 0.1) is 48.3 Å². The summed E-state index contributed by atoms with van der Waals surface area (Å²) < 4.78 is 50.6. The van der Waals surface area contributed by atoms with Gasteiger partial charge in [-0.25, -0.2) is 8.42 Å². The SMILES string of the molecule is C.C.C.C.C.C.CC(=O)N1CC2CCC(CC1=O)[S+]2c1ccc(C(C)(C)C)cc1.CC(C)(C)C(=O)OC1CC2CCC(C1)[S+]2c1ccc(C(C)(C)C)cc1.CC(C)(C)c1ccc([S+]2C3CCC2CC(=NS(C)(=O)=O)C3)cc1.CC(C)(C)c1ccc([S+]2C3CCC2CC(=O)OC3)cc1.CC(C)(C)c1ccc([S+]2C3CCC2CC2(C3)OCCO2)cc1.CC(C)(C)c1ccc([S+]2C3CCC2CC2(C3)SCCS2)cc1. The third kappa shape index (κ3) is 29.3. The van der Waals surface area contributed by atoms with Crippen LogP contribution in [-0.2, 0) is 146 Å². The quantitative estimate of drug-likeness (QED) is 0.105. The van der Waals surface area contributed by atoms with Crippen molar-refractivity contribution in [3.63, 3.8) is 0 Å². The van der Waals surface area contributed by atoms with Gasteiger partial charge in [0.15, 0.2) is 40.4 Å². The summed E-state index contributed by atoms with van der Waals surface area (Å²) in [5.74, 6) is 2.42. The Morgan fingerprint density at radius 3 is 0.965 bits per heavy atom. The number of rotatable bonds is 8. The minimum Gasteiger partial charge on any atom is -0.462 e. The first kappa shape index (κ1) is 120. The number of ether oxygens (including phenoxy) is 4. The molecule has 14 heterocycles. The van der Waals surface area contributed by atoms with Crippen LogP contribution < -0.4 is 0 Å². The van der Waals surface area contributed by atoms with Crippen LogP contribution in [0.15, 0.2) is 179 Å². The van der Waals surface area contributed by atoms with Crippen LogP contribution in [0.3, 0.4) is 0 Å². The van der Waals surface area contributed by atoms with Gasteiger partial charge < -0.3 is 18.9 Å². The van der Waals surface area contributed by atoms with Gasteiger partial charge >= 0.3 is 11.9 Å². The molecule has 0 aromatic heterocycles. The Bertz CT molecular complexity index is 5050. The minimum atomic E-state index is -3.26. The van der Waals surface area contributed by atoms with E-state index in [0.717, 1.165) is 91.3 Å². The van der Waals surface area contributed by atoms with Gasteiger partial charge in [-0.2, -0.15) is 4.40 Å². The molecule has 0 aliphatic carbocycles. The molecule has 14 atom stereocenters. The summed E-state index contributed by atoms with van der Waals surface area (Å²) in [6, 6.07) is 55.7. The number of esters is 2. The maximum atomic E-state index is 12.3. The summed E-state index contributed by atoms with van der Waals surface area (Å²) in [4.78, 5) is 58.4. The number of hydrogen-bond acceptors (Lipinski definition) is 12. The molecule has 14 fully saturated rings. The molecule has 6 aromatic carbocycles. The molecule has 12 nitrogen and oxygen atoms in total. The fourth-order valence-corrected chi connectivity index (χ4v) is 47.4. The zero-order valence-corrected chi connectivity index (χ0v) is 93.2. The van der Waals surface area contributed by atoms with Crippen LogP contribution in [0.2, 0.25) is 0 Å². The van der Waals surface area contributed by atoms with Crippen molar-refractivity contribution in [2.75, 3.05) is 44.1 Å². The second-order valence-corrected chi connectivity index (χ2v) is 68.2. The van der Waals surface area contributed by atoms with Gasteiger partial charge in [0.25, 0.3) is 0 Å². The first-order valence-corrected chi connectivity index (χ1v) is 62.7. The highest BCUT2D eigenvalue weighted by Crippen LogP contribution is 2.60. The number of carbonyl (C=O) groups excluding carboxylic acids is 4. The van der Waals surface area contributed by atoms with Crippen molar-refractivity contribution in [1.82, 2.24) is 4.90 Å². The normalized spacial score (nSPS) is 29.1. The largest absolute Gasteiger partial charge is 0.462 e. The molecule has 14 aliphatic heterocycles. The van der Waals surface area contributed by atoms with E-state index in [0.29, 0.717) is 105 Å². The lowest BCUT2D eigenvalue weighted by Crippen LogP contribution is -2.45. The van der Waals surface area contributed by atoms with Crippen LogP contribution >= 0.6 is 23.5 Å². The molecule has 20 rings (SSSR count). The Morgan fingerprint density at radius 2 is 0.645 bits per heavy atom. The Morgan fingerprint density at radius 1 is 0.376 bits per heavy atom. The highest BCUT2D eigenvalue weighted by Gasteiger charge is 2.62. The molecule has 141 heavy (non-hydrogen) atoms. The van der Waals surface area contributed by atoms with E-state index < -0.39 is 15.4 Å². The van der Waals surface area contributed by atoms with Gasteiger partial charge in [-0.1, -0.05) is 242 Å². The van der Waals surface area contributed by atoms with Crippen molar-refractivity contribution in [3.05, 3.63) is 179 Å². The molecule has 14 unspecified atom stereocenters. The first-order chi connectivity index (χ1) is 63.3. The summed E-state index contributed by atoms with van der Waals surface area (Å²) in [5, 5.41) is 7.92. The molecule has 12 bridgehead atoms. The molecule has 14 saturated heterocycles. The van der Waals surface area contributed by atoms with Crippen LogP contribution in [0.1, 0.15) is 372 Å². The fourth-order valence-electron chi connectivity index (χ4n) is 23.1. The van der Waals surface area contributed by atoms with Crippen molar-refractivity contribution in [2.24, 2.45) is 9.81 Å². The molecule has 0 radical (unpaired) electrons. The molecule has 0 saturated carbocycles. The molecule has 21 heteroatoms. The summed E-state index contributed by atoms with van der Waals surface area (Å²) in [7, 11) is -1.46. The van der Waals surface area contributed by atoms with Gasteiger partial charge in [-0.05, 0) is 159 Å². The number of carbonyl (C=O) groups is 4. The van der Waals surface area contributed by atoms with Crippen LogP contribution in [0, 0.1) is 5.41 Å². The molecule has 14 aliphatic rings. The maximum absolute atomic E-state index is 12.3. The number of sulfonamides is 1. The number of benzene rings is 6. The van der Waals surface area contributed by atoms with E-state index in [9.17, 15) is 27.6 Å². The summed E-state index contributed by atoms with van der Waals surface area (Å²) >= 11 is 4.57. The van der Waals surface area contributed by atoms with Crippen LogP contribution in [0.5, 0.6) is 0 Å². The van der Waals surface area contributed by atoms with Crippen molar-refractivity contribution < 1.29 is 46.5 Å². The average Bonchev–Trinajstić information content (AvgIpc) is 1.61. The number of thioether (sulfide) groups is 2. The zero-order valence-electron chi connectivity index (χ0n) is 85.8. The number of likely N-dealkylation sites (tertiary alicyclic amines) is 1. The van der Waals surface area contributed by atoms with Gasteiger partial charge in [0.2, 0.25) is 21.8 Å². The molecular formula is C120H186N2O10S9+6. The van der Waals surface area contributed by atoms with E-state index >= 15 is 0 Å². The third-order valence-electron chi connectivity index (χ3n) is 30.4. The Labute approximate surface area is 884 Å². The van der Waals surface area contributed by atoms with Gasteiger partial charge in [0, 0.05) is 218 Å². The molecule has 2 amide bonds. The Kier molecular flexibility index (Phi) is 41.2. The minimum absolute atomic E-state index is 0. The number of cyclic esters (lactones) is 1. The van der Waals surface area contributed by atoms with Gasteiger partial charge in [-0.3, -0.25) is 24.1 Å². The number of nitrogens with zero attached hydrogens (tertiary/aromatic N) is 2. The molecule has 784 valence electrons. The highest BCUT2D eigenvalue weighted by molar-refractivity contribution is 8.21. The van der Waals surface area contributed by atoms with Crippen LogP contribution in [-0.4, -0.2) is 166 Å². The van der Waals surface area contributed by atoms with E-state index in [1.807, 2.05) is 20.8 Å². The van der Waals surface area contributed by atoms with E-state index in [1.165, 1.54) is 160 Å². The second-order valence-electron chi connectivity index (χ2n) is 48.0. The second kappa shape index (κ2) is 48.4. The fraction of sp³-hybridized carbons (Fsp3) is 0.658. The Balaban J connectivity index is 0.000000188.